The summed E-state index contributed by atoms with van der Waals surface area (Å²) in [5.41, 5.74) is 0.764. The molecule has 1 fully saturated rings. The molecule has 114 valence electrons. The molecule has 0 bridgehead atoms. The minimum absolute atomic E-state index is 0.137. The fraction of sp³-hybridized carbons (Fsp3) is 0.467. The van der Waals surface area contributed by atoms with Crippen LogP contribution in [-0.2, 0) is 19.1 Å². The Balaban J connectivity index is 1.97. The molecule has 5 nitrogen and oxygen atoms in total. The Morgan fingerprint density at radius 3 is 2.81 bits per heavy atom. The number of carbonyl (C=O) groups excluding carboxylic acids is 2. The third kappa shape index (κ3) is 4.19. The maximum atomic E-state index is 12.4. The second-order valence-corrected chi connectivity index (χ2v) is 5.27. The van der Waals surface area contributed by atoms with Gasteiger partial charge in [0.05, 0.1) is 26.2 Å². The van der Waals surface area contributed by atoms with E-state index >= 15 is 0 Å². The summed E-state index contributed by atoms with van der Waals surface area (Å²) in [5.74, 6) is -0.513. The number of hydrogen-bond acceptors (Lipinski definition) is 4. The summed E-state index contributed by atoms with van der Waals surface area (Å²) in [7, 11) is 1.33. The molecule has 0 radical (unpaired) electrons. The van der Waals surface area contributed by atoms with Crippen LogP contribution in [-0.4, -0.2) is 49.7 Å². The Hall–Kier alpha value is -1.59. The molecule has 0 saturated carbocycles. The van der Waals surface area contributed by atoms with E-state index in [-0.39, 0.29) is 24.4 Å². The number of nitrogens with zero attached hydrogens (tertiary/aromatic N) is 1. The van der Waals surface area contributed by atoms with Gasteiger partial charge in [0, 0.05) is 13.1 Å². The number of methoxy groups -OCH3 is 1. The minimum atomic E-state index is -0.719. The Morgan fingerprint density at radius 1 is 1.43 bits per heavy atom. The van der Waals surface area contributed by atoms with Gasteiger partial charge >= 0.3 is 5.97 Å². The first-order valence-electron chi connectivity index (χ1n) is 6.78. The first-order valence-corrected chi connectivity index (χ1v) is 7.21. The number of alkyl halides is 1. The molecule has 1 aliphatic rings. The number of rotatable bonds is 4. The zero-order valence-corrected chi connectivity index (χ0v) is 12.6. The van der Waals surface area contributed by atoms with Crippen LogP contribution in [0.5, 0.6) is 0 Å². The third-order valence-corrected chi connectivity index (χ3v) is 3.82. The third-order valence-electron chi connectivity index (χ3n) is 3.38. The molecule has 1 aromatic carbocycles. The van der Waals surface area contributed by atoms with Crippen molar-refractivity contribution in [1.29, 1.82) is 0 Å². The molecule has 0 aromatic heterocycles. The van der Waals surface area contributed by atoms with E-state index in [9.17, 15) is 9.59 Å². The van der Waals surface area contributed by atoms with Crippen LogP contribution in [0.25, 0.3) is 0 Å². The lowest BCUT2D eigenvalue weighted by atomic mass is 10.1. The van der Waals surface area contributed by atoms with Gasteiger partial charge < -0.3 is 14.4 Å². The Kier molecular flexibility index (Phi) is 5.59. The molecule has 0 N–H and O–H groups in total. The summed E-state index contributed by atoms with van der Waals surface area (Å²) < 4.78 is 10.1. The molecule has 0 spiro atoms. The van der Waals surface area contributed by atoms with Crippen molar-refractivity contribution in [3.63, 3.8) is 0 Å². The fourth-order valence-electron chi connectivity index (χ4n) is 2.24. The summed E-state index contributed by atoms with van der Waals surface area (Å²) in [6.07, 6.45) is -0.201. The lowest BCUT2D eigenvalue weighted by molar-refractivity contribution is -0.149. The van der Waals surface area contributed by atoms with Gasteiger partial charge in [0.25, 0.3) is 0 Å². The number of esters is 1. The van der Waals surface area contributed by atoms with Crippen LogP contribution in [0.1, 0.15) is 17.4 Å². The van der Waals surface area contributed by atoms with Gasteiger partial charge in [-0.15, -0.1) is 11.6 Å². The van der Waals surface area contributed by atoms with Crippen LogP contribution in [0.4, 0.5) is 0 Å². The molecule has 1 amide bonds. The van der Waals surface area contributed by atoms with Gasteiger partial charge in [-0.05, 0) is 5.56 Å². The van der Waals surface area contributed by atoms with Crippen molar-refractivity contribution in [2.75, 3.05) is 26.8 Å². The number of morpholine rings is 1. The number of carbonyl (C=O) groups is 2. The van der Waals surface area contributed by atoms with Gasteiger partial charge in [0.1, 0.15) is 5.38 Å². The Bertz CT molecular complexity index is 494. The fourth-order valence-corrected chi connectivity index (χ4v) is 2.52. The summed E-state index contributed by atoms with van der Waals surface area (Å²) >= 11 is 6.25. The topological polar surface area (TPSA) is 55.8 Å². The smallest absolute Gasteiger partial charge is 0.308 e. The molecule has 1 aliphatic heterocycles. The number of hydrogen-bond donors (Lipinski definition) is 0. The molecule has 2 unspecified atom stereocenters. The maximum Gasteiger partial charge on any atom is 0.308 e. The first kappa shape index (κ1) is 15.8. The lowest BCUT2D eigenvalue weighted by Crippen LogP contribution is -2.47. The highest BCUT2D eigenvalue weighted by molar-refractivity contribution is 6.30. The van der Waals surface area contributed by atoms with Crippen molar-refractivity contribution in [2.45, 2.75) is 17.9 Å². The highest BCUT2D eigenvalue weighted by Gasteiger charge is 2.30. The van der Waals surface area contributed by atoms with E-state index < -0.39 is 5.38 Å². The van der Waals surface area contributed by atoms with Gasteiger partial charge in [0.2, 0.25) is 5.91 Å². The van der Waals surface area contributed by atoms with Gasteiger partial charge in [0.15, 0.2) is 0 Å². The van der Waals surface area contributed by atoms with Crippen LogP contribution in [0.2, 0.25) is 0 Å². The Morgan fingerprint density at radius 2 is 2.14 bits per heavy atom. The van der Waals surface area contributed by atoms with Crippen molar-refractivity contribution in [2.24, 2.45) is 0 Å². The molecule has 1 aromatic rings. The summed E-state index contributed by atoms with van der Waals surface area (Å²) in [6.45, 7) is 1.22. The second kappa shape index (κ2) is 7.43. The molecule has 2 atom stereocenters. The van der Waals surface area contributed by atoms with E-state index in [4.69, 9.17) is 16.3 Å². The summed E-state index contributed by atoms with van der Waals surface area (Å²) in [4.78, 5) is 25.3. The van der Waals surface area contributed by atoms with E-state index in [0.29, 0.717) is 19.7 Å². The van der Waals surface area contributed by atoms with E-state index in [0.717, 1.165) is 5.56 Å². The van der Waals surface area contributed by atoms with Crippen LogP contribution < -0.4 is 0 Å². The molecule has 0 aliphatic carbocycles. The summed E-state index contributed by atoms with van der Waals surface area (Å²) in [5, 5.41) is -0.719. The highest BCUT2D eigenvalue weighted by atomic mass is 35.5. The number of benzene rings is 1. The SMILES string of the molecule is COC(=O)CC1CN(C(=O)C(Cl)c2ccccc2)CCO1. The number of halogens is 1. The highest BCUT2D eigenvalue weighted by Crippen LogP contribution is 2.24. The van der Waals surface area contributed by atoms with E-state index in [1.165, 1.54) is 7.11 Å². The van der Waals surface area contributed by atoms with Crippen LogP contribution in [0, 0.1) is 0 Å². The number of amides is 1. The van der Waals surface area contributed by atoms with Gasteiger partial charge in [-0.3, -0.25) is 9.59 Å². The van der Waals surface area contributed by atoms with Gasteiger partial charge in [-0.25, -0.2) is 0 Å². The molecule has 21 heavy (non-hydrogen) atoms. The Labute approximate surface area is 128 Å². The van der Waals surface area contributed by atoms with Crippen molar-refractivity contribution >= 4 is 23.5 Å². The lowest BCUT2D eigenvalue weighted by Gasteiger charge is -2.33. The molecule has 6 heteroatoms. The predicted molar refractivity (Wildman–Crippen MR) is 78.0 cm³/mol. The van der Waals surface area contributed by atoms with Gasteiger partial charge in [-0.1, -0.05) is 30.3 Å². The monoisotopic (exact) mass is 311 g/mol. The van der Waals surface area contributed by atoms with Crippen LogP contribution >= 0.6 is 11.6 Å². The molecule has 2 rings (SSSR count). The van der Waals surface area contributed by atoms with Gasteiger partial charge in [-0.2, -0.15) is 0 Å². The zero-order valence-electron chi connectivity index (χ0n) is 11.8. The molecule has 1 heterocycles. The first-order chi connectivity index (χ1) is 10.1. The van der Waals surface area contributed by atoms with Crippen LogP contribution in [0.3, 0.4) is 0 Å². The van der Waals surface area contributed by atoms with Crippen molar-refractivity contribution in [3.05, 3.63) is 35.9 Å². The van der Waals surface area contributed by atoms with E-state index in [1.807, 2.05) is 30.3 Å². The normalized spacial score (nSPS) is 19.9. The maximum absolute atomic E-state index is 12.4. The molecular weight excluding hydrogens is 294 g/mol. The predicted octanol–water partition coefficient (Wildman–Crippen LogP) is 1.76. The van der Waals surface area contributed by atoms with Crippen LogP contribution in [0.15, 0.2) is 30.3 Å². The standard InChI is InChI=1S/C15H18ClNO4/c1-20-13(18)9-12-10-17(7-8-21-12)15(19)14(16)11-5-3-2-4-6-11/h2-6,12,14H,7-10H2,1H3. The minimum Gasteiger partial charge on any atom is -0.469 e. The number of ether oxygens (including phenoxy) is 2. The largest absolute Gasteiger partial charge is 0.469 e. The quantitative estimate of drug-likeness (QED) is 0.628. The summed E-state index contributed by atoms with van der Waals surface area (Å²) in [6, 6.07) is 9.21. The molecular formula is C15H18ClNO4. The van der Waals surface area contributed by atoms with Crippen molar-refractivity contribution in [3.8, 4) is 0 Å². The van der Waals surface area contributed by atoms with Crippen molar-refractivity contribution in [1.82, 2.24) is 4.90 Å². The average molecular weight is 312 g/mol. The average Bonchev–Trinajstić information content (AvgIpc) is 2.54. The second-order valence-electron chi connectivity index (χ2n) is 4.83. The van der Waals surface area contributed by atoms with E-state index in [1.54, 1.807) is 4.90 Å². The zero-order chi connectivity index (χ0) is 15.2. The van der Waals surface area contributed by atoms with E-state index in [2.05, 4.69) is 4.74 Å². The van der Waals surface area contributed by atoms with Crippen molar-refractivity contribution < 1.29 is 19.1 Å². The molecule has 1 saturated heterocycles.